The van der Waals surface area contributed by atoms with Crippen LogP contribution in [0.5, 0.6) is 0 Å². The fraction of sp³-hybridized carbons (Fsp3) is 0.368. The van der Waals surface area contributed by atoms with Crippen molar-refractivity contribution in [2.24, 2.45) is 0 Å². The molecule has 0 radical (unpaired) electrons. The molecule has 4 nitrogen and oxygen atoms in total. The number of aryl methyl sites for hydroxylation is 4. The van der Waals surface area contributed by atoms with E-state index in [1.54, 1.807) is 16.2 Å². The standard InChI is InChI=1S/C19H23N3OS/c1-10-7-8-16-15(9-10)11(2)17(21-16)19(23)22(6)12(3)18-13(4)24-14(5)20-18/h7-9,12,21H,1-6H3. The summed E-state index contributed by atoms with van der Waals surface area (Å²) in [5.41, 5.74) is 4.85. The summed E-state index contributed by atoms with van der Waals surface area (Å²) in [5, 5.41) is 2.15. The summed E-state index contributed by atoms with van der Waals surface area (Å²) >= 11 is 1.67. The van der Waals surface area contributed by atoms with Crippen molar-refractivity contribution in [3.8, 4) is 0 Å². The topological polar surface area (TPSA) is 49.0 Å². The van der Waals surface area contributed by atoms with Crippen LogP contribution in [0.15, 0.2) is 18.2 Å². The summed E-state index contributed by atoms with van der Waals surface area (Å²) in [5.74, 6) is -0.00101. The number of carbonyl (C=O) groups excluding carboxylic acids is 1. The summed E-state index contributed by atoms with van der Waals surface area (Å²) in [7, 11) is 1.84. The lowest BCUT2D eigenvalue weighted by Gasteiger charge is -2.24. The lowest BCUT2D eigenvalue weighted by atomic mass is 10.1. The highest BCUT2D eigenvalue weighted by atomic mass is 32.1. The SMILES string of the molecule is Cc1ccc2[nH]c(C(=O)N(C)C(C)c3nc(C)sc3C)c(C)c2c1. The fourth-order valence-corrected chi connectivity index (χ4v) is 4.03. The maximum absolute atomic E-state index is 13.0. The van der Waals surface area contributed by atoms with Gasteiger partial charge < -0.3 is 9.88 Å². The molecule has 1 aromatic carbocycles. The molecule has 0 aliphatic rings. The van der Waals surface area contributed by atoms with Crippen LogP contribution < -0.4 is 0 Å². The predicted octanol–water partition coefficient (Wildman–Crippen LogP) is 4.69. The molecule has 1 N–H and O–H groups in total. The Kier molecular flexibility index (Phi) is 4.22. The monoisotopic (exact) mass is 341 g/mol. The summed E-state index contributed by atoms with van der Waals surface area (Å²) in [4.78, 5) is 23.9. The Hall–Kier alpha value is -2.14. The Morgan fingerprint density at radius 2 is 1.96 bits per heavy atom. The van der Waals surface area contributed by atoms with Crippen molar-refractivity contribution in [3.63, 3.8) is 0 Å². The second-order valence-corrected chi connectivity index (χ2v) is 7.85. The molecule has 1 unspecified atom stereocenters. The maximum Gasteiger partial charge on any atom is 0.270 e. The first kappa shape index (κ1) is 16.7. The van der Waals surface area contributed by atoms with E-state index in [9.17, 15) is 4.79 Å². The molecule has 0 fully saturated rings. The molecule has 5 heteroatoms. The molecule has 2 heterocycles. The first-order valence-electron chi connectivity index (χ1n) is 8.09. The molecule has 1 amide bonds. The van der Waals surface area contributed by atoms with E-state index >= 15 is 0 Å². The smallest absolute Gasteiger partial charge is 0.270 e. The Balaban J connectivity index is 1.96. The number of thiazole rings is 1. The summed E-state index contributed by atoms with van der Waals surface area (Å²) in [6.07, 6.45) is 0. The molecule has 0 bridgehead atoms. The number of H-pyrrole nitrogens is 1. The molecule has 0 saturated heterocycles. The zero-order valence-corrected chi connectivity index (χ0v) is 15.8. The van der Waals surface area contributed by atoms with E-state index in [0.717, 1.165) is 27.2 Å². The van der Waals surface area contributed by atoms with Crippen molar-refractivity contribution >= 4 is 28.1 Å². The Bertz CT molecular complexity index is 922. The largest absolute Gasteiger partial charge is 0.350 e. The van der Waals surface area contributed by atoms with Gasteiger partial charge in [0, 0.05) is 22.8 Å². The third kappa shape index (κ3) is 2.73. The quantitative estimate of drug-likeness (QED) is 0.751. The highest BCUT2D eigenvalue weighted by Gasteiger charge is 2.25. The second-order valence-electron chi connectivity index (χ2n) is 6.44. The lowest BCUT2D eigenvalue weighted by Crippen LogP contribution is -2.30. The van der Waals surface area contributed by atoms with Crippen molar-refractivity contribution in [2.45, 2.75) is 40.7 Å². The number of hydrogen-bond donors (Lipinski definition) is 1. The van der Waals surface area contributed by atoms with Gasteiger partial charge >= 0.3 is 0 Å². The Morgan fingerprint density at radius 1 is 1.25 bits per heavy atom. The van der Waals surface area contributed by atoms with Crippen LogP contribution in [-0.2, 0) is 0 Å². The average molecular weight is 341 g/mol. The zero-order chi connectivity index (χ0) is 17.6. The van der Waals surface area contributed by atoms with E-state index < -0.39 is 0 Å². The van der Waals surface area contributed by atoms with Gasteiger partial charge in [-0.2, -0.15) is 0 Å². The van der Waals surface area contributed by atoms with E-state index in [-0.39, 0.29) is 11.9 Å². The number of rotatable bonds is 3. The first-order chi connectivity index (χ1) is 11.3. The van der Waals surface area contributed by atoms with Crippen molar-refractivity contribution in [1.82, 2.24) is 14.9 Å². The summed E-state index contributed by atoms with van der Waals surface area (Å²) < 4.78 is 0. The minimum atomic E-state index is -0.0602. The average Bonchev–Trinajstić information content (AvgIpc) is 3.05. The highest BCUT2D eigenvalue weighted by molar-refractivity contribution is 7.11. The minimum Gasteiger partial charge on any atom is -0.350 e. The molecule has 0 aliphatic carbocycles. The van der Waals surface area contributed by atoms with Crippen molar-refractivity contribution < 1.29 is 4.79 Å². The van der Waals surface area contributed by atoms with Crippen LogP contribution in [0.3, 0.4) is 0 Å². The number of hydrogen-bond acceptors (Lipinski definition) is 3. The molecule has 0 aliphatic heterocycles. The predicted molar refractivity (Wildman–Crippen MR) is 99.9 cm³/mol. The van der Waals surface area contributed by atoms with Gasteiger partial charge in [-0.1, -0.05) is 11.6 Å². The van der Waals surface area contributed by atoms with Crippen LogP contribution in [0, 0.1) is 27.7 Å². The number of aromatic amines is 1. The van der Waals surface area contributed by atoms with Gasteiger partial charge in [-0.15, -0.1) is 11.3 Å². The Morgan fingerprint density at radius 3 is 2.58 bits per heavy atom. The van der Waals surface area contributed by atoms with Gasteiger partial charge in [-0.05, 0) is 52.3 Å². The van der Waals surface area contributed by atoms with Crippen molar-refractivity contribution in [2.75, 3.05) is 7.05 Å². The number of carbonyl (C=O) groups is 1. The number of nitrogens with zero attached hydrogens (tertiary/aromatic N) is 2. The van der Waals surface area contributed by atoms with Crippen LogP contribution in [0.25, 0.3) is 10.9 Å². The third-order valence-corrected chi connectivity index (χ3v) is 5.57. The fourth-order valence-electron chi connectivity index (χ4n) is 3.12. The van der Waals surface area contributed by atoms with Gasteiger partial charge in [0.15, 0.2) is 0 Å². The molecule has 0 spiro atoms. The van der Waals surface area contributed by atoms with Gasteiger partial charge in [0.25, 0.3) is 5.91 Å². The lowest BCUT2D eigenvalue weighted by molar-refractivity contribution is 0.0734. The van der Waals surface area contributed by atoms with Gasteiger partial charge in [-0.25, -0.2) is 4.98 Å². The molecule has 0 saturated carbocycles. The number of nitrogens with one attached hydrogen (secondary N) is 1. The number of benzene rings is 1. The molecule has 1 atom stereocenters. The van der Waals surface area contributed by atoms with E-state index in [1.165, 1.54) is 10.4 Å². The molecule has 24 heavy (non-hydrogen) atoms. The molecule has 3 aromatic rings. The molecular formula is C19H23N3OS. The summed E-state index contributed by atoms with van der Waals surface area (Å²) in [6, 6.07) is 6.15. The van der Waals surface area contributed by atoms with Crippen LogP contribution in [0.2, 0.25) is 0 Å². The molecule has 2 aromatic heterocycles. The van der Waals surface area contributed by atoms with Gasteiger partial charge in [0.1, 0.15) is 5.69 Å². The van der Waals surface area contributed by atoms with Gasteiger partial charge in [-0.3, -0.25) is 4.79 Å². The normalized spacial score (nSPS) is 12.6. The first-order valence-corrected chi connectivity index (χ1v) is 8.91. The third-order valence-electron chi connectivity index (χ3n) is 4.66. The van der Waals surface area contributed by atoms with E-state index in [4.69, 9.17) is 0 Å². The van der Waals surface area contributed by atoms with Crippen molar-refractivity contribution in [3.05, 3.63) is 50.6 Å². The number of aromatic nitrogens is 2. The maximum atomic E-state index is 13.0. The van der Waals surface area contributed by atoms with E-state index in [2.05, 4.69) is 35.9 Å². The van der Waals surface area contributed by atoms with Crippen LogP contribution >= 0.6 is 11.3 Å². The summed E-state index contributed by atoms with van der Waals surface area (Å²) in [6.45, 7) is 10.2. The van der Waals surface area contributed by atoms with E-state index in [1.807, 2.05) is 33.9 Å². The van der Waals surface area contributed by atoms with Gasteiger partial charge in [0.2, 0.25) is 0 Å². The second kappa shape index (κ2) is 6.06. The zero-order valence-electron chi connectivity index (χ0n) is 15.0. The van der Waals surface area contributed by atoms with Crippen LogP contribution in [-0.4, -0.2) is 27.8 Å². The Labute approximate surface area is 146 Å². The minimum absolute atomic E-state index is 0.00101. The number of fused-ring (bicyclic) bond motifs is 1. The van der Waals surface area contributed by atoms with Gasteiger partial charge in [0.05, 0.1) is 16.7 Å². The molecule has 3 rings (SSSR count). The highest BCUT2D eigenvalue weighted by Crippen LogP contribution is 2.29. The van der Waals surface area contributed by atoms with Crippen LogP contribution in [0.4, 0.5) is 0 Å². The van der Waals surface area contributed by atoms with Crippen LogP contribution in [0.1, 0.15) is 50.2 Å². The van der Waals surface area contributed by atoms with E-state index in [0.29, 0.717) is 5.69 Å². The molecule has 126 valence electrons. The number of amides is 1. The van der Waals surface area contributed by atoms with Crippen molar-refractivity contribution in [1.29, 1.82) is 0 Å². The molecular weight excluding hydrogens is 318 g/mol.